The monoisotopic (exact) mass is 625 g/mol. The molecule has 0 amide bonds. The highest BCUT2D eigenvalue weighted by atomic mass is 16.4. The van der Waals surface area contributed by atoms with Gasteiger partial charge in [-0.3, -0.25) is 14.6 Å². The normalized spacial score (nSPS) is 15.3. The van der Waals surface area contributed by atoms with Crippen molar-refractivity contribution in [2.75, 3.05) is 36.4 Å². The Kier molecular flexibility index (Phi) is 12.5. The number of hydrogen-bond acceptors (Lipinski definition) is 10. The molecule has 2 fully saturated rings. The molecule has 5 heterocycles. The molecule has 0 aromatic carbocycles. The molecule has 0 radical (unpaired) electrons. The largest absolute Gasteiger partial charge is 0.439 e. The molecule has 244 valence electrons. The first-order valence-corrected chi connectivity index (χ1v) is 16.6. The van der Waals surface area contributed by atoms with Crippen molar-refractivity contribution in [3.8, 4) is 11.1 Å². The first-order chi connectivity index (χ1) is 22.4. The minimum atomic E-state index is -0.166. The van der Waals surface area contributed by atoms with Crippen molar-refractivity contribution >= 4 is 40.5 Å². The van der Waals surface area contributed by atoms with E-state index >= 15 is 0 Å². The molecule has 0 spiro atoms. The molecule has 10 nitrogen and oxygen atoms in total. The van der Waals surface area contributed by atoms with Crippen LogP contribution in [0.25, 0.3) is 28.3 Å². The van der Waals surface area contributed by atoms with Crippen molar-refractivity contribution < 1.29 is 9.21 Å². The average molecular weight is 626 g/mol. The Balaban J connectivity index is 0.000000421. The molecular weight excluding hydrogens is 578 g/mol. The van der Waals surface area contributed by atoms with E-state index in [1.165, 1.54) is 31.7 Å². The van der Waals surface area contributed by atoms with Gasteiger partial charge in [0.15, 0.2) is 22.8 Å². The summed E-state index contributed by atoms with van der Waals surface area (Å²) in [4.78, 5) is 44.1. The molecule has 0 bridgehead atoms. The topological polar surface area (TPSA) is 126 Å². The molecule has 1 saturated carbocycles. The van der Waals surface area contributed by atoms with Gasteiger partial charge in [-0.05, 0) is 31.1 Å². The van der Waals surface area contributed by atoms with Crippen LogP contribution in [0.4, 0.5) is 17.5 Å². The maximum atomic E-state index is 12.7. The Morgan fingerprint density at radius 2 is 1.67 bits per heavy atom. The first kappa shape index (κ1) is 34.4. The van der Waals surface area contributed by atoms with Crippen molar-refractivity contribution in [2.45, 2.75) is 73.6 Å². The summed E-state index contributed by atoms with van der Waals surface area (Å²) >= 11 is 0. The lowest BCUT2D eigenvalue weighted by atomic mass is 10.1. The number of aromatic nitrogens is 4. The van der Waals surface area contributed by atoms with Crippen LogP contribution < -0.4 is 21.0 Å². The van der Waals surface area contributed by atoms with Gasteiger partial charge in [0.2, 0.25) is 11.4 Å². The molecule has 1 aliphatic heterocycles. The SMILES string of the molecule is CC.CC.CC(=O)C1=Cc2cnc(Nc3cncc(-c4cnc5c(=O)cc(N6CCNCC6)oc5c4)c3)nc2C1.CC1CCCC1. The number of allylic oxidation sites excluding steroid dienone is 1. The molecule has 46 heavy (non-hydrogen) atoms. The Labute approximate surface area is 271 Å². The van der Waals surface area contributed by atoms with E-state index in [0.29, 0.717) is 35.0 Å². The number of rotatable bonds is 5. The van der Waals surface area contributed by atoms with E-state index in [2.05, 4.69) is 42.4 Å². The molecular formula is C36H47N7O3. The minimum absolute atomic E-state index is 0.0410. The van der Waals surface area contributed by atoms with E-state index in [-0.39, 0.29) is 11.2 Å². The molecule has 10 heteroatoms. The summed E-state index contributed by atoms with van der Waals surface area (Å²) in [6.07, 6.45) is 15.0. The van der Waals surface area contributed by atoms with Gasteiger partial charge in [0.1, 0.15) is 0 Å². The van der Waals surface area contributed by atoms with Gasteiger partial charge in [-0.2, -0.15) is 0 Å². The molecule has 4 aromatic heterocycles. The summed E-state index contributed by atoms with van der Waals surface area (Å²) in [5.41, 5.74) is 5.23. The van der Waals surface area contributed by atoms with E-state index < -0.39 is 0 Å². The highest BCUT2D eigenvalue weighted by molar-refractivity contribution is 6.00. The van der Waals surface area contributed by atoms with Crippen LogP contribution in [-0.4, -0.2) is 51.9 Å². The summed E-state index contributed by atoms with van der Waals surface area (Å²) in [5, 5.41) is 6.48. The number of nitrogens with zero attached hydrogens (tertiary/aromatic N) is 5. The predicted molar refractivity (Wildman–Crippen MR) is 187 cm³/mol. The van der Waals surface area contributed by atoms with Gasteiger partial charge in [0, 0.05) is 79.5 Å². The first-order valence-electron chi connectivity index (χ1n) is 16.6. The average Bonchev–Trinajstić information content (AvgIpc) is 3.76. The van der Waals surface area contributed by atoms with Crippen LogP contribution in [0.2, 0.25) is 0 Å². The number of nitrogens with one attached hydrogen (secondary N) is 2. The van der Waals surface area contributed by atoms with Gasteiger partial charge in [-0.1, -0.05) is 60.3 Å². The smallest absolute Gasteiger partial charge is 0.227 e. The number of ketones is 1. The number of anilines is 3. The number of carbonyl (C=O) groups is 1. The van der Waals surface area contributed by atoms with Gasteiger partial charge < -0.3 is 20.0 Å². The van der Waals surface area contributed by atoms with Gasteiger partial charge in [-0.15, -0.1) is 0 Å². The second-order valence-corrected chi connectivity index (χ2v) is 11.2. The molecule has 2 N–H and O–H groups in total. The Morgan fingerprint density at radius 3 is 2.35 bits per heavy atom. The number of fused-ring (bicyclic) bond motifs is 2. The van der Waals surface area contributed by atoms with Crippen molar-refractivity contribution in [2.24, 2.45) is 5.92 Å². The molecule has 4 aromatic rings. The van der Waals surface area contributed by atoms with Crippen molar-refractivity contribution in [1.29, 1.82) is 0 Å². The molecule has 0 unspecified atom stereocenters. The molecule has 7 rings (SSSR count). The molecule has 1 saturated heterocycles. The minimum Gasteiger partial charge on any atom is -0.439 e. The third kappa shape index (κ3) is 8.63. The van der Waals surface area contributed by atoms with Crippen molar-refractivity contribution in [1.82, 2.24) is 25.3 Å². The summed E-state index contributed by atoms with van der Waals surface area (Å²) in [6.45, 7) is 15.1. The third-order valence-corrected chi connectivity index (χ3v) is 8.00. The Hall–Kier alpha value is -4.44. The molecule has 0 atom stereocenters. The highest BCUT2D eigenvalue weighted by Crippen LogP contribution is 2.28. The quantitative estimate of drug-likeness (QED) is 0.240. The summed E-state index contributed by atoms with van der Waals surface area (Å²) in [6, 6.07) is 5.24. The van der Waals surface area contributed by atoms with Gasteiger partial charge in [-0.25, -0.2) is 15.0 Å². The number of carbonyl (C=O) groups excluding carboxylic acids is 1. The lowest BCUT2D eigenvalue weighted by Gasteiger charge is -2.27. The van der Waals surface area contributed by atoms with Crippen LogP contribution in [0.5, 0.6) is 0 Å². The second kappa shape index (κ2) is 16.7. The molecule has 3 aliphatic rings. The van der Waals surface area contributed by atoms with E-state index in [0.717, 1.165) is 60.1 Å². The highest BCUT2D eigenvalue weighted by Gasteiger charge is 2.19. The van der Waals surface area contributed by atoms with E-state index in [9.17, 15) is 9.59 Å². The number of piperazine rings is 1. The zero-order valence-corrected chi connectivity index (χ0v) is 28.0. The Bertz CT molecular complexity index is 1700. The van der Waals surface area contributed by atoms with Crippen LogP contribution in [0.1, 0.15) is 78.5 Å². The maximum Gasteiger partial charge on any atom is 0.227 e. The van der Waals surface area contributed by atoms with Crippen molar-refractivity contribution in [3.63, 3.8) is 0 Å². The van der Waals surface area contributed by atoms with Crippen LogP contribution >= 0.6 is 0 Å². The number of pyridine rings is 2. The van der Waals surface area contributed by atoms with E-state index in [1.807, 2.05) is 45.9 Å². The van der Waals surface area contributed by atoms with E-state index in [4.69, 9.17) is 4.42 Å². The second-order valence-electron chi connectivity index (χ2n) is 11.2. The Morgan fingerprint density at radius 1 is 0.957 bits per heavy atom. The summed E-state index contributed by atoms with van der Waals surface area (Å²) in [5.74, 6) is 2.07. The number of hydrogen-bond donors (Lipinski definition) is 2. The fraction of sp³-hybridized carbons (Fsp3) is 0.444. The fourth-order valence-corrected chi connectivity index (χ4v) is 5.55. The van der Waals surface area contributed by atoms with Crippen LogP contribution in [-0.2, 0) is 11.2 Å². The van der Waals surface area contributed by atoms with Crippen LogP contribution in [0.3, 0.4) is 0 Å². The lowest BCUT2D eigenvalue weighted by molar-refractivity contribution is -0.113. The van der Waals surface area contributed by atoms with Gasteiger partial charge in [0.05, 0.1) is 17.6 Å². The zero-order chi connectivity index (χ0) is 33.1. The van der Waals surface area contributed by atoms with E-state index in [1.54, 1.807) is 31.7 Å². The van der Waals surface area contributed by atoms with Gasteiger partial charge >= 0.3 is 0 Å². The van der Waals surface area contributed by atoms with Crippen LogP contribution in [0.15, 0.2) is 57.8 Å². The lowest BCUT2D eigenvalue weighted by Crippen LogP contribution is -2.43. The molecule has 2 aliphatic carbocycles. The van der Waals surface area contributed by atoms with Gasteiger partial charge in [0.25, 0.3) is 0 Å². The van der Waals surface area contributed by atoms with Crippen molar-refractivity contribution in [3.05, 3.63) is 70.0 Å². The van der Waals surface area contributed by atoms with Crippen LogP contribution in [0, 0.1) is 5.92 Å². The fourth-order valence-electron chi connectivity index (χ4n) is 5.55. The summed E-state index contributed by atoms with van der Waals surface area (Å²) in [7, 11) is 0. The predicted octanol–water partition coefficient (Wildman–Crippen LogP) is 6.97. The zero-order valence-electron chi connectivity index (χ0n) is 28.0. The summed E-state index contributed by atoms with van der Waals surface area (Å²) < 4.78 is 6.09. The third-order valence-electron chi connectivity index (χ3n) is 8.00. The standard InChI is InChI=1S/C26H23N7O3.C6H12.2C2H6/c1-15(34)16-6-19-13-30-26(32-21(19)8-16)31-20-7-17(11-28-14-20)18-9-23-25(29-12-18)22(35)10-24(36-23)33-4-2-27-3-5-33;1-6-4-2-3-5-6;2*1-2/h6-7,9-14,27H,2-5,8H2,1H3,(H,30,31,32);6H,2-5H2,1H3;2*1-2H3. The maximum absolute atomic E-state index is 12.7. The number of Topliss-reactive ketones (excluding diaryl/α,β-unsaturated/α-hetero) is 1.